The molecule has 2 amide bonds. The summed E-state index contributed by atoms with van der Waals surface area (Å²) in [6.45, 7) is 0.835. The number of carboxylic acid groups (broad SMARTS) is 1. The fourth-order valence-corrected chi connectivity index (χ4v) is 5.57. The standard InChI is InChI=1S/C22H30N2O4/c25-19-9-7-17(8-10-19)24-18(13-16-5-2-1-3-6-16)14-22(20(24)26)11-4-12-23(15-22)21(27)28/h1-3,5-6,17-19,25H,4,7-15H2,(H,27,28)/t17?,18?,19?,22-/m1/s1. The van der Waals surface area contributed by atoms with Gasteiger partial charge in [0.05, 0.1) is 11.5 Å². The second kappa shape index (κ2) is 7.74. The van der Waals surface area contributed by atoms with Gasteiger partial charge in [-0.2, -0.15) is 0 Å². The molecule has 6 nitrogen and oxygen atoms in total. The molecule has 1 spiro atoms. The maximum Gasteiger partial charge on any atom is 0.407 e. The number of benzene rings is 1. The van der Waals surface area contributed by atoms with Gasteiger partial charge in [0, 0.05) is 25.2 Å². The number of nitrogens with zero attached hydrogens (tertiary/aromatic N) is 2. The second-order valence-electron chi connectivity index (χ2n) is 8.81. The predicted molar refractivity (Wildman–Crippen MR) is 105 cm³/mol. The van der Waals surface area contributed by atoms with E-state index in [1.165, 1.54) is 10.5 Å². The summed E-state index contributed by atoms with van der Waals surface area (Å²) in [5.74, 6) is 0.140. The van der Waals surface area contributed by atoms with Crippen molar-refractivity contribution in [1.29, 1.82) is 0 Å². The molecule has 6 heteroatoms. The Morgan fingerprint density at radius 2 is 1.86 bits per heavy atom. The molecular formula is C22H30N2O4. The molecule has 1 aromatic rings. The minimum atomic E-state index is -0.925. The molecule has 1 aromatic carbocycles. The SMILES string of the molecule is O=C(O)N1CCC[C@@]2(CC(Cc3ccccc3)N(C3CCC(O)CC3)C2=O)C1. The maximum atomic E-state index is 13.7. The van der Waals surface area contributed by atoms with E-state index >= 15 is 0 Å². The van der Waals surface area contributed by atoms with E-state index in [4.69, 9.17) is 0 Å². The van der Waals surface area contributed by atoms with Crippen molar-refractivity contribution in [2.45, 2.75) is 69.6 Å². The molecule has 2 N–H and O–H groups in total. The van der Waals surface area contributed by atoms with Gasteiger partial charge >= 0.3 is 6.09 Å². The van der Waals surface area contributed by atoms with Crippen molar-refractivity contribution >= 4 is 12.0 Å². The summed E-state index contributed by atoms with van der Waals surface area (Å²) in [5.41, 5.74) is 0.635. The number of rotatable bonds is 3. The van der Waals surface area contributed by atoms with Crippen LogP contribution < -0.4 is 0 Å². The number of carbonyl (C=O) groups is 2. The summed E-state index contributed by atoms with van der Waals surface area (Å²) >= 11 is 0. The molecule has 0 bridgehead atoms. The zero-order valence-corrected chi connectivity index (χ0v) is 16.3. The Kier molecular flexibility index (Phi) is 5.32. The number of hydrogen-bond acceptors (Lipinski definition) is 3. The van der Waals surface area contributed by atoms with Crippen molar-refractivity contribution in [1.82, 2.24) is 9.80 Å². The molecule has 4 rings (SSSR count). The Bertz CT molecular complexity index is 717. The third-order valence-electron chi connectivity index (χ3n) is 6.93. The monoisotopic (exact) mass is 386 g/mol. The summed E-state index contributed by atoms with van der Waals surface area (Å²) in [7, 11) is 0. The van der Waals surface area contributed by atoms with E-state index in [9.17, 15) is 19.8 Å². The van der Waals surface area contributed by atoms with E-state index in [2.05, 4.69) is 17.0 Å². The molecule has 2 heterocycles. The Balaban J connectivity index is 1.60. The number of likely N-dealkylation sites (tertiary alicyclic amines) is 2. The molecule has 3 aliphatic rings. The van der Waals surface area contributed by atoms with Gasteiger partial charge in [-0.3, -0.25) is 4.79 Å². The van der Waals surface area contributed by atoms with Crippen molar-refractivity contribution in [2.24, 2.45) is 5.41 Å². The third-order valence-corrected chi connectivity index (χ3v) is 6.93. The quantitative estimate of drug-likeness (QED) is 0.837. The second-order valence-corrected chi connectivity index (χ2v) is 8.81. The summed E-state index contributed by atoms with van der Waals surface area (Å²) < 4.78 is 0. The van der Waals surface area contributed by atoms with Gasteiger partial charge < -0.3 is 20.0 Å². The minimum absolute atomic E-state index is 0.101. The number of aliphatic hydroxyl groups is 1. The van der Waals surface area contributed by atoms with Gasteiger partial charge in [-0.25, -0.2) is 4.79 Å². The van der Waals surface area contributed by atoms with Crippen LogP contribution in [0.25, 0.3) is 0 Å². The van der Waals surface area contributed by atoms with Gasteiger partial charge in [0.1, 0.15) is 0 Å². The summed E-state index contributed by atoms with van der Waals surface area (Å²) in [6.07, 6.45) is 5.00. The van der Waals surface area contributed by atoms with Crippen LogP contribution in [-0.2, 0) is 11.2 Å². The lowest BCUT2D eigenvalue weighted by Gasteiger charge is -2.40. The van der Waals surface area contributed by atoms with Crippen molar-refractivity contribution in [2.75, 3.05) is 13.1 Å². The van der Waals surface area contributed by atoms with Crippen LogP contribution in [0.3, 0.4) is 0 Å². The summed E-state index contributed by atoms with van der Waals surface area (Å²) in [4.78, 5) is 28.8. The zero-order chi connectivity index (χ0) is 19.7. The van der Waals surface area contributed by atoms with Gasteiger partial charge in [0.15, 0.2) is 0 Å². The van der Waals surface area contributed by atoms with Crippen LogP contribution in [-0.4, -0.2) is 63.3 Å². The number of hydrogen-bond donors (Lipinski definition) is 2. The van der Waals surface area contributed by atoms with Crippen LogP contribution in [0.1, 0.15) is 50.5 Å². The molecule has 28 heavy (non-hydrogen) atoms. The van der Waals surface area contributed by atoms with Crippen molar-refractivity contribution < 1.29 is 19.8 Å². The van der Waals surface area contributed by atoms with Crippen LogP contribution in [0.5, 0.6) is 0 Å². The Labute approximate surface area is 166 Å². The van der Waals surface area contributed by atoms with Crippen LogP contribution in [0.4, 0.5) is 4.79 Å². The van der Waals surface area contributed by atoms with E-state index in [-0.39, 0.29) is 24.1 Å². The molecule has 0 aromatic heterocycles. The van der Waals surface area contributed by atoms with E-state index in [1.807, 2.05) is 18.2 Å². The van der Waals surface area contributed by atoms with E-state index < -0.39 is 11.5 Å². The highest BCUT2D eigenvalue weighted by molar-refractivity contribution is 5.87. The third kappa shape index (κ3) is 3.62. The Hall–Kier alpha value is -2.08. The van der Waals surface area contributed by atoms with E-state index in [1.54, 1.807) is 0 Å². The number of piperidine rings is 1. The van der Waals surface area contributed by atoms with Crippen LogP contribution in [0, 0.1) is 5.41 Å². The van der Waals surface area contributed by atoms with Crippen LogP contribution >= 0.6 is 0 Å². The Morgan fingerprint density at radius 3 is 2.54 bits per heavy atom. The van der Waals surface area contributed by atoms with Gasteiger partial charge in [0.2, 0.25) is 5.91 Å². The van der Waals surface area contributed by atoms with Crippen LogP contribution in [0.2, 0.25) is 0 Å². The van der Waals surface area contributed by atoms with Gasteiger partial charge in [-0.15, -0.1) is 0 Å². The number of aliphatic hydroxyl groups excluding tert-OH is 1. The molecule has 1 aliphatic carbocycles. The molecular weight excluding hydrogens is 356 g/mol. The first kappa shape index (κ1) is 19.2. The molecule has 0 radical (unpaired) electrons. The highest BCUT2D eigenvalue weighted by Gasteiger charge is 2.55. The average Bonchev–Trinajstić information content (AvgIpc) is 2.94. The van der Waals surface area contributed by atoms with Crippen molar-refractivity contribution in [3.63, 3.8) is 0 Å². The van der Waals surface area contributed by atoms with E-state index in [0.717, 1.165) is 51.4 Å². The number of carbonyl (C=O) groups excluding carboxylic acids is 1. The predicted octanol–water partition coefficient (Wildman–Crippen LogP) is 2.89. The fourth-order valence-electron chi connectivity index (χ4n) is 5.57. The van der Waals surface area contributed by atoms with Gasteiger partial charge in [-0.1, -0.05) is 30.3 Å². The average molecular weight is 386 g/mol. The Morgan fingerprint density at radius 1 is 1.14 bits per heavy atom. The molecule has 2 aliphatic heterocycles. The highest BCUT2D eigenvalue weighted by Crippen LogP contribution is 2.46. The van der Waals surface area contributed by atoms with Gasteiger partial charge in [-0.05, 0) is 56.9 Å². The lowest BCUT2D eigenvalue weighted by molar-refractivity contribution is -0.142. The van der Waals surface area contributed by atoms with Crippen molar-refractivity contribution in [3.05, 3.63) is 35.9 Å². The molecule has 3 fully saturated rings. The van der Waals surface area contributed by atoms with Crippen molar-refractivity contribution in [3.8, 4) is 0 Å². The molecule has 1 saturated carbocycles. The lowest BCUT2D eigenvalue weighted by atomic mass is 9.77. The first-order chi connectivity index (χ1) is 13.5. The smallest absolute Gasteiger partial charge is 0.407 e. The molecule has 2 saturated heterocycles. The first-order valence-electron chi connectivity index (χ1n) is 10.5. The van der Waals surface area contributed by atoms with E-state index in [0.29, 0.717) is 13.1 Å². The molecule has 2 atom stereocenters. The van der Waals surface area contributed by atoms with Gasteiger partial charge in [0.25, 0.3) is 0 Å². The normalized spacial score (nSPS) is 33.5. The summed E-state index contributed by atoms with van der Waals surface area (Å²) in [6, 6.07) is 10.5. The summed E-state index contributed by atoms with van der Waals surface area (Å²) in [5, 5.41) is 19.4. The maximum absolute atomic E-state index is 13.7. The highest BCUT2D eigenvalue weighted by atomic mass is 16.4. The van der Waals surface area contributed by atoms with Crippen LogP contribution in [0.15, 0.2) is 30.3 Å². The largest absolute Gasteiger partial charge is 0.465 e. The lowest BCUT2D eigenvalue weighted by Crippen LogP contribution is -2.51. The first-order valence-corrected chi connectivity index (χ1v) is 10.5. The topological polar surface area (TPSA) is 81.1 Å². The molecule has 1 unspecified atom stereocenters. The zero-order valence-electron chi connectivity index (χ0n) is 16.3. The minimum Gasteiger partial charge on any atom is -0.465 e. The number of amides is 2. The molecule has 152 valence electrons. The fraction of sp³-hybridized carbons (Fsp3) is 0.636.